The summed E-state index contributed by atoms with van der Waals surface area (Å²) in [5, 5.41) is 3.46. The Morgan fingerprint density at radius 1 is 1.08 bits per heavy atom. The summed E-state index contributed by atoms with van der Waals surface area (Å²) in [6, 6.07) is 5.94. The van der Waals surface area contributed by atoms with Gasteiger partial charge in [0.05, 0.1) is 4.75 Å². The average molecular weight is 368 g/mol. The first-order valence-corrected chi connectivity index (χ1v) is 10.4. The van der Waals surface area contributed by atoms with Crippen molar-refractivity contribution in [1.29, 1.82) is 0 Å². The third-order valence-electron chi connectivity index (χ3n) is 4.94. The van der Waals surface area contributed by atoms with E-state index in [1.807, 2.05) is 18.2 Å². The number of nitrogens with one attached hydrogen (secondary N) is 2. The van der Waals surface area contributed by atoms with Crippen molar-refractivity contribution in [1.82, 2.24) is 4.72 Å². The molecular weight excluding hydrogens is 340 g/mol. The third-order valence-corrected chi connectivity index (χ3v) is 7.20. The second-order valence-corrected chi connectivity index (χ2v) is 10.4. The molecule has 1 aliphatic heterocycles. The quantitative estimate of drug-likeness (QED) is 0.835. The van der Waals surface area contributed by atoms with Gasteiger partial charge in [0, 0.05) is 24.3 Å². The first-order chi connectivity index (χ1) is 11.7. The topological polar surface area (TPSA) is 76.7 Å². The Morgan fingerprint density at radius 3 is 2.44 bits per heavy atom. The standard InChI is InChI=1S/C18H28N2O4S/c1-18(2,3)25(21,22)20-14-6-4-13(5-7-14)11-19-15-8-9-16-17(10-15)24-12-23-16/h8-10,13-14,19-20H,4-7,11-12H2,1-3H3. The first-order valence-electron chi connectivity index (χ1n) is 8.90. The second-order valence-electron chi connectivity index (χ2n) is 7.90. The van der Waals surface area contributed by atoms with E-state index in [1.165, 1.54) is 0 Å². The molecule has 3 rings (SSSR count). The Labute approximate surface area is 150 Å². The maximum Gasteiger partial charge on any atom is 0.231 e. The monoisotopic (exact) mass is 368 g/mol. The number of hydrogen-bond donors (Lipinski definition) is 2. The van der Waals surface area contributed by atoms with Gasteiger partial charge >= 0.3 is 0 Å². The summed E-state index contributed by atoms with van der Waals surface area (Å²) in [7, 11) is -3.27. The summed E-state index contributed by atoms with van der Waals surface area (Å²) in [6.45, 7) is 6.37. The maximum absolute atomic E-state index is 12.3. The molecule has 0 bridgehead atoms. The molecule has 1 saturated carbocycles. The van der Waals surface area contributed by atoms with Crippen molar-refractivity contribution in [3.05, 3.63) is 18.2 Å². The minimum Gasteiger partial charge on any atom is -0.454 e. The molecule has 1 aromatic rings. The van der Waals surface area contributed by atoms with Gasteiger partial charge in [0.15, 0.2) is 11.5 Å². The van der Waals surface area contributed by atoms with Crippen LogP contribution in [-0.2, 0) is 10.0 Å². The Hall–Kier alpha value is -1.47. The molecule has 0 radical (unpaired) electrons. The second kappa shape index (κ2) is 7.03. The van der Waals surface area contributed by atoms with Crippen molar-refractivity contribution >= 4 is 15.7 Å². The molecule has 0 atom stereocenters. The molecule has 6 nitrogen and oxygen atoms in total. The molecule has 0 unspecified atom stereocenters. The van der Waals surface area contributed by atoms with Gasteiger partial charge in [0.1, 0.15) is 0 Å². The van der Waals surface area contributed by atoms with Crippen LogP contribution < -0.4 is 19.5 Å². The van der Waals surface area contributed by atoms with E-state index in [4.69, 9.17) is 9.47 Å². The zero-order valence-corrected chi connectivity index (χ0v) is 16.0. The van der Waals surface area contributed by atoms with E-state index in [2.05, 4.69) is 10.0 Å². The van der Waals surface area contributed by atoms with E-state index in [0.29, 0.717) is 5.92 Å². The molecule has 1 heterocycles. The number of hydrogen-bond acceptors (Lipinski definition) is 5. The molecule has 0 saturated heterocycles. The lowest BCUT2D eigenvalue weighted by Crippen LogP contribution is -2.46. The predicted octanol–water partition coefficient (Wildman–Crippen LogP) is 3.10. The van der Waals surface area contributed by atoms with E-state index >= 15 is 0 Å². The zero-order valence-electron chi connectivity index (χ0n) is 15.2. The minimum absolute atomic E-state index is 0.0611. The zero-order chi connectivity index (χ0) is 18.1. The largest absolute Gasteiger partial charge is 0.454 e. The molecule has 1 aromatic carbocycles. The minimum atomic E-state index is -3.27. The highest BCUT2D eigenvalue weighted by Gasteiger charge is 2.32. The van der Waals surface area contributed by atoms with Gasteiger partial charge in [-0.3, -0.25) is 0 Å². The van der Waals surface area contributed by atoms with Crippen LogP contribution in [0.1, 0.15) is 46.5 Å². The van der Waals surface area contributed by atoms with Crippen LogP contribution in [0.25, 0.3) is 0 Å². The molecule has 2 aliphatic rings. The molecule has 140 valence electrons. The van der Waals surface area contributed by atoms with Crippen molar-refractivity contribution in [2.75, 3.05) is 18.7 Å². The van der Waals surface area contributed by atoms with Gasteiger partial charge in [-0.05, 0) is 64.5 Å². The number of benzene rings is 1. The van der Waals surface area contributed by atoms with Gasteiger partial charge in [-0.2, -0.15) is 0 Å². The molecule has 7 heteroatoms. The fourth-order valence-corrected chi connectivity index (χ4v) is 4.18. The van der Waals surface area contributed by atoms with Gasteiger partial charge < -0.3 is 14.8 Å². The fourth-order valence-electron chi connectivity index (χ4n) is 3.15. The Morgan fingerprint density at radius 2 is 1.76 bits per heavy atom. The van der Waals surface area contributed by atoms with Crippen LogP contribution in [0.4, 0.5) is 5.69 Å². The van der Waals surface area contributed by atoms with Crippen molar-refractivity contribution in [3.8, 4) is 11.5 Å². The maximum atomic E-state index is 12.3. The van der Waals surface area contributed by atoms with Crippen molar-refractivity contribution in [3.63, 3.8) is 0 Å². The summed E-state index contributed by atoms with van der Waals surface area (Å²) in [5.74, 6) is 2.13. The normalized spacial score (nSPS) is 23.5. The highest BCUT2D eigenvalue weighted by atomic mass is 32.2. The molecule has 25 heavy (non-hydrogen) atoms. The van der Waals surface area contributed by atoms with E-state index < -0.39 is 14.8 Å². The molecular formula is C18H28N2O4S. The number of sulfonamides is 1. The smallest absolute Gasteiger partial charge is 0.231 e. The van der Waals surface area contributed by atoms with Gasteiger partial charge in [0.2, 0.25) is 16.8 Å². The van der Waals surface area contributed by atoms with E-state index in [0.717, 1.165) is 49.4 Å². The molecule has 2 N–H and O–H groups in total. The predicted molar refractivity (Wildman–Crippen MR) is 98.6 cm³/mol. The first kappa shape index (κ1) is 18.3. The van der Waals surface area contributed by atoms with Crippen LogP contribution in [0.3, 0.4) is 0 Å². The highest BCUT2D eigenvalue weighted by molar-refractivity contribution is 7.90. The van der Waals surface area contributed by atoms with Gasteiger partial charge in [-0.25, -0.2) is 13.1 Å². The van der Waals surface area contributed by atoms with Crippen LogP contribution >= 0.6 is 0 Å². The molecule has 1 aliphatic carbocycles. The average Bonchev–Trinajstić information content (AvgIpc) is 3.00. The van der Waals surface area contributed by atoms with Crippen LogP contribution in [0.15, 0.2) is 18.2 Å². The SMILES string of the molecule is CC(C)(C)S(=O)(=O)NC1CCC(CNc2ccc3c(c2)OCO3)CC1. The number of anilines is 1. The van der Waals surface area contributed by atoms with Gasteiger partial charge in [0.25, 0.3) is 0 Å². The van der Waals surface area contributed by atoms with E-state index in [1.54, 1.807) is 20.8 Å². The summed E-state index contributed by atoms with van der Waals surface area (Å²) in [5.41, 5.74) is 1.03. The Kier molecular flexibility index (Phi) is 5.16. The molecule has 1 fully saturated rings. The molecule has 0 amide bonds. The number of fused-ring (bicyclic) bond motifs is 1. The summed E-state index contributed by atoms with van der Waals surface area (Å²) < 4.78 is 37.3. The van der Waals surface area contributed by atoms with E-state index in [9.17, 15) is 8.42 Å². The number of rotatable bonds is 5. The number of ether oxygens (including phenoxy) is 2. The van der Waals surface area contributed by atoms with Crippen LogP contribution in [0, 0.1) is 5.92 Å². The van der Waals surface area contributed by atoms with Crippen molar-refractivity contribution in [2.24, 2.45) is 5.92 Å². The van der Waals surface area contributed by atoms with Crippen LogP contribution in [-0.4, -0.2) is 32.5 Å². The molecule has 0 aromatic heterocycles. The summed E-state index contributed by atoms with van der Waals surface area (Å²) in [4.78, 5) is 0. The fraction of sp³-hybridized carbons (Fsp3) is 0.667. The van der Waals surface area contributed by atoms with Crippen LogP contribution in [0.2, 0.25) is 0 Å². The Balaban J connectivity index is 1.45. The van der Waals surface area contributed by atoms with Crippen molar-refractivity contribution in [2.45, 2.75) is 57.2 Å². The lowest BCUT2D eigenvalue weighted by Gasteiger charge is -2.31. The molecule has 0 spiro atoms. The summed E-state index contributed by atoms with van der Waals surface area (Å²) >= 11 is 0. The van der Waals surface area contributed by atoms with E-state index in [-0.39, 0.29) is 12.8 Å². The van der Waals surface area contributed by atoms with Crippen molar-refractivity contribution < 1.29 is 17.9 Å². The lowest BCUT2D eigenvalue weighted by molar-refractivity contribution is 0.174. The Bertz CT molecular complexity index is 704. The van der Waals surface area contributed by atoms with Gasteiger partial charge in [-0.1, -0.05) is 0 Å². The third kappa shape index (κ3) is 4.39. The summed E-state index contributed by atoms with van der Waals surface area (Å²) in [6.07, 6.45) is 3.83. The van der Waals surface area contributed by atoms with Gasteiger partial charge in [-0.15, -0.1) is 0 Å². The highest BCUT2D eigenvalue weighted by Crippen LogP contribution is 2.34. The van der Waals surface area contributed by atoms with Crippen LogP contribution in [0.5, 0.6) is 11.5 Å². The lowest BCUT2D eigenvalue weighted by atomic mass is 9.86.